The maximum atomic E-state index is 11.9. The SMILES string of the molecule is Cc1cc(C)n(-c2ncc(NC(=O)C(C)(C)C)cn2)n1. The van der Waals surface area contributed by atoms with Gasteiger partial charge in [-0.15, -0.1) is 0 Å². The van der Waals surface area contributed by atoms with Gasteiger partial charge < -0.3 is 5.32 Å². The lowest BCUT2D eigenvalue weighted by molar-refractivity contribution is -0.123. The zero-order valence-electron chi connectivity index (χ0n) is 12.4. The van der Waals surface area contributed by atoms with Gasteiger partial charge in [0.1, 0.15) is 0 Å². The fourth-order valence-electron chi connectivity index (χ4n) is 1.65. The molecule has 0 spiro atoms. The molecule has 2 heterocycles. The Labute approximate surface area is 118 Å². The van der Waals surface area contributed by atoms with Crippen molar-refractivity contribution in [3.05, 3.63) is 29.8 Å². The van der Waals surface area contributed by atoms with E-state index in [4.69, 9.17) is 0 Å². The van der Waals surface area contributed by atoms with Crippen molar-refractivity contribution < 1.29 is 4.79 Å². The number of carbonyl (C=O) groups is 1. The van der Waals surface area contributed by atoms with Gasteiger partial charge in [-0.05, 0) is 19.9 Å². The first kappa shape index (κ1) is 14.2. The molecule has 0 fully saturated rings. The zero-order valence-corrected chi connectivity index (χ0v) is 12.4. The number of nitrogens with one attached hydrogen (secondary N) is 1. The third-order valence-corrected chi connectivity index (χ3v) is 2.78. The molecule has 6 nitrogen and oxygen atoms in total. The fourth-order valence-corrected chi connectivity index (χ4v) is 1.65. The second kappa shape index (κ2) is 5.03. The van der Waals surface area contributed by atoms with Crippen molar-refractivity contribution in [2.45, 2.75) is 34.6 Å². The molecule has 0 unspecified atom stereocenters. The molecule has 0 saturated heterocycles. The number of amides is 1. The van der Waals surface area contributed by atoms with E-state index in [1.54, 1.807) is 17.1 Å². The van der Waals surface area contributed by atoms with Gasteiger partial charge in [0.15, 0.2) is 0 Å². The molecule has 20 heavy (non-hydrogen) atoms. The summed E-state index contributed by atoms with van der Waals surface area (Å²) in [5.41, 5.74) is 2.01. The topological polar surface area (TPSA) is 72.7 Å². The fraction of sp³-hybridized carbons (Fsp3) is 0.429. The second-order valence-corrected chi connectivity index (χ2v) is 5.81. The summed E-state index contributed by atoms with van der Waals surface area (Å²) in [6, 6.07) is 1.96. The first-order chi connectivity index (χ1) is 9.27. The number of aromatic nitrogens is 4. The molecule has 2 aromatic heterocycles. The molecule has 0 aromatic carbocycles. The maximum Gasteiger partial charge on any atom is 0.250 e. The van der Waals surface area contributed by atoms with Crippen molar-refractivity contribution in [3.63, 3.8) is 0 Å². The molecule has 0 aliphatic carbocycles. The number of nitrogens with zero attached hydrogens (tertiary/aromatic N) is 4. The van der Waals surface area contributed by atoms with Crippen LogP contribution >= 0.6 is 0 Å². The van der Waals surface area contributed by atoms with Gasteiger partial charge in [-0.3, -0.25) is 4.79 Å². The van der Waals surface area contributed by atoms with Crippen LogP contribution in [0.5, 0.6) is 0 Å². The molecule has 2 rings (SSSR count). The highest BCUT2D eigenvalue weighted by atomic mass is 16.2. The average molecular weight is 273 g/mol. The van der Waals surface area contributed by atoms with Gasteiger partial charge in [-0.25, -0.2) is 14.6 Å². The number of hydrogen-bond acceptors (Lipinski definition) is 4. The Morgan fingerprint density at radius 3 is 2.25 bits per heavy atom. The highest BCUT2D eigenvalue weighted by Gasteiger charge is 2.21. The molecular weight excluding hydrogens is 254 g/mol. The van der Waals surface area contributed by atoms with Gasteiger partial charge in [0.2, 0.25) is 5.91 Å². The Balaban J connectivity index is 2.19. The standard InChI is InChI=1S/C14H19N5O/c1-9-6-10(2)19(18-9)13-15-7-11(8-16-13)17-12(20)14(3,4)5/h6-8H,1-5H3,(H,17,20). The molecule has 106 valence electrons. The van der Waals surface area contributed by atoms with Crippen LogP contribution in [0.3, 0.4) is 0 Å². The van der Waals surface area contributed by atoms with Crippen LogP contribution in [0.2, 0.25) is 0 Å². The Hall–Kier alpha value is -2.24. The highest BCUT2D eigenvalue weighted by molar-refractivity contribution is 5.94. The van der Waals surface area contributed by atoms with E-state index in [-0.39, 0.29) is 5.91 Å². The van der Waals surface area contributed by atoms with Crippen LogP contribution in [0, 0.1) is 19.3 Å². The molecule has 0 aliphatic rings. The second-order valence-electron chi connectivity index (χ2n) is 5.81. The van der Waals surface area contributed by atoms with Gasteiger partial charge in [0, 0.05) is 11.1 Å². The van der Waals surface area contributed by atoms with Crippen molar-refractivity contribution in [1.29, 1.82) is 0 Å². The van der Waals surface area contributed by atoms with E-state index >= 15 is 0 Å². The lowest BCUT2D eigenvalue weighted by atomic mass is 9.96. The number of rotatable bonds is 2. The van der Waals surface area contributed by atoms with Gasteiger partial charge in [0.25, 0.3) is 5.95 Å². The molecule has 1 N–H and O–H groups in total. The summed E-state index contributed by atoms with van der Waals surface area (Å²) >= 11 is 0. The van der Waals surface area contributed by atoms with Crippen LogP contribution in [0.1, 0.15) is 32.2 Å². The first-order valence-corrected chi connectivity index (χ1v) is 6.44. The molecule has 0 bridgehead atoms. The number of hydrogen-bond donors (Lipinski definition) is 1. The molecule has 0 radical (unpaired) electrons. The van der Waals surface area contributed by atoms with Gasteiger partial charge in [-0.1, -0.05) is 20.8 Å². The minimum Gasteiger partial charge on any atom is -0.323 e. The summed E-state index contributed by atoms with van der Waals surface area (Å²) in [6.07, 6.45) is 3.17. The van der Waals surface area contributed by atoms with Gasteiger partial charge >= 0.3 is 0 Å². The van der Waals surface area contributed by atoms with Crippen molar-refractivity contribution >= 4 is 11.6 Å². The zero-order chi connectivity index (χ0) is 14.9. The molecule has 0 saturated carbocycles. The Bertz CT molecular complexity index is 622. The summed E-state index contributed by atoms with van der Waals surface area (Å²) in [4.78, 5) is 20.3. The van der Waals surface area contributed by atoms with Gasteiger partial charge in [-0.2, -0.15) is 5.10 Å². The van der Waals surface area contributed by atoms with E-state index in [0.29, 0.717) is 11.6 Å². The minimum absolute atomic E-state index is 0.0695. The summed E-state index contributed by atoms with van der Waals surface area (Å²) in [7, 11) is 0. The van der Waals surface area contributed by atoms with Crippen molar-refractivity contribution in [1.82, 2.24) is 19.7 Å². The molecule has 2 aromatic rings. The van der Waals surface area contributed by atoms with Crippen molar-refractivity contribution in [3.8, 4) is 5.95 Å². The summed E-state index contributed by atoms with van der Waals surface area (Å²) in [5, 5.41) is 7.10. The summed E-state index contributed by atoms with van der Waals surface area (Å²) < 4.78 is 1.67. The molecule has 0 atom stereocenters. The van der Waals surface area contributed by atoms with Crippen LogP contribution in [0.15, 0.2) is 18.5 Å². The summed E-state index contributed by atoms with van der Waals surface area (Å²) in [5.74, 6) is 0.421. The van der Waals surface area contributed by atoms with Crippen LogP contribution in [0.25, 0.3) is 5.95 Å². The Kier molecular flexibility index (Phi) is 3.57. The predicted octanol–water partition coefficient (Wildman–Crippen LogP) is 2.26. The third kappa shape index (κ3) is 3.01. The highest BCUT2D eigenvalue weighted by Crippen LogP contribution is 2.16. The maximum absolute atomic E-state index is 11.9. The van der Waals surface area contributed by atoms with Gasteiger partial charge in [0.05, 0.1) is 23.8 Å². The van der Waals surface area contributed by atoms with E-state index in [0.717, 1.165) is 11.4 Å². The smallest absolute Gasteiger partial charge is 0.250 e. The van der Waals surface area contributed by atoms with Crippen LogP contribution in [0.4, 0.5) is 5.69 Å². The molecule has 6 heteroatoms. The van der Waals surface area contributed by atoms with Crippen LogP contribution in [-0.4, -0.2) is 25.7 Å². The lowest BCUT2D eigenvalue weighted by Crippen LogP contribution is -2.27. The molecule has 0 aliphatic heterocycles. The van der Waals surface area contributed by atoms with E-state index < -0.39 is 5.41 Å². The monoisotopic (exact) mass is 273 g/mol. The largest absolute Gasteiger partial charge is 0.323 e. The van der Waals surface area contributed by atoms with E-state index in [1.165, 1.54) is 0 Å². The first-order valence-electron chi connectivity index (χ1n) is 6.44. The van der Waals surface area contributed by atoms with E-state index in [9.17, 15) is 4.79 Å². The number of aryl methyl sites for hydroxylation is 2. The van der Waals surface area contributed by atoms with Crippen LogP contribution in [-0.2, 0) is 4.79 Å². The minimum atomic E-state index is -0.450. The van der Waals surface area contributed by atoms with Crippen molar-refractivity contribution in [2.75, 3.05) is 5.32 Å². The third-order valence-electron chi connectivity index (χ3n) is 2.78. The predicted molar refractivity (Wildman–Crippen MR) is 76.7 cm³/mol. The molecule has 1 amide bonds. The molecular formula is C14H19N5O. The van der Waals surface area contributed by atoms with E-state index in [1.807, 2.05) is 40.7 Å². The normalized spacial score (nSPS) is 11.4. The lowest BCUT2D eigenvalue weighted by Gasteiger charge is -2.17. The van der Waals surface area contributed by atoms with Crippen LogP contribution < -0.4 is 5.32 Å². The Morgan fingerprint density at radius 2 is 1.80 bits per heavy atom. The van der Waals surface area contributed by atoms with Crippen molar-refractivity contribution in [2.24, 2.45) is 5.41 Å². The number of anilines is 1. The average Bonchev–Trinajstić information content (AvgIpc) is 2.68. The summed E-state index contributed by atoms with van der Waals surface area (Å²) in [6.45, 7) is 9.42. The quantitative estimate of drug-likeness (QED) is 0.911. The number of carbonyl (C=O) groups excluding carboxylic acids is 1. The van der Waals surface area contributed by atoms with E-state index in [2.05, 4.69) is 20.4 Å². The Morgan fingerprint density at radius 1 is 1.20 bits per heavy atom.